The Morgan fingerprint density at radius 3 is 3.00 bits per heavy atom. The molecule has 0 aliphatic heterocycles. The first-order chi connectivity index (χ1) is 5.38. The molecule has 0 amide bonds. The Labute approximate surface area is 67.7 Å². The largest absolute Gasteiger partial charge is 0.364 e. The summed E-state index contributed by atoms with van der Waals surface area (Å²) in [6, 6.07) is 0. The van der Waals surface area contributed by atoms with E-state index in [4.69, 9.17) is 4.52 Å². The third kappa shape index (κ3) is 1.05. The minimum Gasteiger partial charge on any atom is -0.364 e. The molecule has 0 fully saturated rings. The molecule has 0 saturated heterocycles. The fourth-order valence-electron chi connectivity index (χ4n) is 0.884. The lowest BCUT2D eigenvalue weighted by atomic mass is 10.2. The van der Waals surface area contributed by atoms with Crippen LogP contribution in [-0.2, 0) is 0 Å². The highest BCUT2D eigenvalue weighted by Crippen LogP contribution is 2.21. The maximum Gasteiger partial charge on any atom is 0.133 e. The van der Waals surface area contributed by atoms with Crippen molar-refractivity contribution in [1.82, 2.24) is 10.1 Å². The van der Waals surface area contributed by atoms with E-state index >= 15 is 0 Å². The van der Waals surface area contributed by atoms with Crippen LogP contribution in [0.2, 0.25) is 0 Å². The van der Waals surface area contributed by atoms with Crippen LogP contribution >= 0.6 is 11.3 Å². The quantitative estimate of drug-likeness (QED) is 0.651. The molecular formula is C7H6N2OS. The minimum absolute atomic E-state index is 0.885. The highest BCUT2D eigenvalue weighted by atomic mass is 32.1. The molecule has 56 valence electrons. The van der Waals surface area contributed by atoms with Gasteiger partial charge < -0.3 is 4.52 Å². The SMILES string of the molecule is Cc1nocc1-c1cscn1. The standard InChI is InChI=1S/C7H6N2OS/c1-5-6(2-10-9-5)7-3-11-4-8-7/h2-4H,1H3. The molecule has 0 aliphatic rings. The second-order valence-corrected chi connectivity index (χ2v) is 2.91. The van der Waals surface area contributed by atoms with Gasteiger partial charge in [-0.3, -0.25) is 0 Å². The van der Waals surface area contributed by atoms with E-state index in [1.165, 1.54) is 0 Å². The van der Waals surface area contributed by atoms with Crippen LogP contribution in [0.5, 0.6) is 0 Å². The summed E-state index contributed by atoms with van der Waals surface area (Å²) in [4.78, 5) is 4.14. The third-order valence-electron chi connectivity index (χ3n) is 1.46. The van der Waals surface area contributed by atoms with Gasteiger partial charge in [0.05, 0.1) is 22.5 Å². The summed E-state index contributed by atoms with van der Waals surface area (Å²) in [6.45, 7) is 1.90. The third-order valence-corrected chi connectivity index (χ3v) is 2.04. The van der Waals surface area contributed by atoms with Gasteiger partial charge in [-0.25, -0.2) is 4.98 Å². The number of rotatable bonds is 1. The van der Waals surface area contributed by atoms with E-state index in [1.54, 1.807) is 23.1 Å². The topological polar surface area (TPSA) is 38.9 Å². The normalized spacial score (nSPS) is 10.3. The van der Waals surface area contributed by atoms with Gasteiger partial charge in [-0.2, -0.15) is 0 Å². The number of hydrogen-bond donors (Lipinski definition) is 0. The predicted octanol–water partition coefficient (Wildman–Crippen LogP) is 2.11. The number of hydrogen-bond acceptors (Lipinski definition) is 4. The van der Waals surface area contributed by atoms with Crippen molar-refractivity contribution < 1.29 is 4.52 Å². The van der Waals surface area contributed by atoms with Gasteiger partial charge in [0.25, 0.3) is 0 Å². The molecule has 0 saturated carbocycles. The van der Waals surface area contributed by atoms with Gasteiger partial charge in [0, 0.05) is 5.38 Å². The molecule has 2 rings (SSSR count). The van der Waals surface area contributed by atoms with Crippen LogP contribution in [0.1, 0.15) is 5.69 Å². The molecule has 0 radical (unpaired) electrons. The van der Waals surface area contributed by atoms with Crippen molar-refractivity contribution in [2.45, 2.75) is 6.92 Å². The maximum absolute atomic E-state index is 4.78. The first kappa shape index (κ1) is 6.54. The predicted molar refractivity (Wildman–Crippen MR) is 42.3 cm³/mol. The van der Waals surface area contributed by atoms with Gasteiger partial charge >= 0.3 is 0 Å². The Balaban J connectivity index is 2.53. The zero-order valence-corrected chi connectivity index (χ0v) is 6.76. The Morgan fingerprint density at radius 2 is 2.45 bits per heavy atom. The molecule has 0 N–H and O–H groups in total. The summed E-state index contributed by atoms with van der Waals surface area (Å²) >= 11 is 1.57. The van der Waals surface area contributed by atoms with E-state index in [2.05, 4.69) is 10.1 Å². The maximum atomic E-state index is 4.78. The van der Waals surface area contributed by atoms with E-state index in [0.29, 0.717) is 0 Å². The van der Waals surface area contributed by atoms with Crippen LogP contribution in [-0.4, -0.2) is 10.1 Å². The molecule has 2 aromatic rings. The molecule has 0 aliphatic carbocycles. The van der Waals surface area contributed by atoms with Gasteiger partial charge in [0.2, 0.25) is 0 Å². The number of aromatic nitrogens is 2. The fourth-order valence-corrected chi connectivity index (χ4v) is 1.44. The average Bonchev–Trinajstić information content (AvgIpc) is 2.55. The van der Waals surface area contributed by atoms with Crippen molar-refractivity contribution in [2.24, 2.45) is 0 Å². The van der Waals surface area contributed by atoms with Crippen molar-refractivity contribution in [2.75, 3.05) is 0 Å². The monoisotopic (exact) mass is 166 g/mol. The van der Waals surface area contributed by atoms with Crippen molar-refractivity contribution in [1.29, 1.82) is 0 Å². The van der Waals surface area contributed by atoms with Gasteiger partial charge in [0.15, 0.2) is 0 Å². The van der Waals surface area contributed by atoms with Crippen molar-refractivity contribution in [3.05, 3.63) is 22.8 Å². The average molecular weight is 166 g/mol. The molecule has 0 unspecified atom stereocenters. The molecule has 11 heavy (non-hydrogen) atoms. The highest BCUT2D eigenvalue weighted by Gasteiger charge is 2.06. The first-order valence-corrected chi connectivity index (χ1v) is 4.12. The summed E-state index contributed by atoms with van der Waals surface area (Å²) in [5.41, 5.74) is 4.60. The van der Waals surface area contributed by atoms with Gasteiger partial charge in [-0.1, -0.05) is 5.16 Å². The second-order valence-electron chi connectivity index (χ2n) is 2.19. The van der Waals surface area contributed by atoms with Crippen LogP contribution in [0, 0.1) is 6.92 Å². The zero-order valence-electron chi connectivity index (χ0n) is 5.94. The molecule has 3 nitrogen and oxygen atoms in total. The minimum atomic E-state index is 0.885. The van der Waals surface area contributed by atoms with E-state index in [0.717, 1.165) is 17.0 Å². The fraction of sp³-hybridized carbons (Fsp3) is 0.143. The van der Waals surface area contributed by atoms with E-state index < -0.39 is 0 Å². The van der Waals surface area contributed by atoms with E-state index in [1.807, 2.05) is 12.3 Å². The van der Waals surface area contributed by atoms with E-state index in [9.17, 15) is 0 Å². The van der Waals surface area contributed by atoms with E-state index in [-0.39, 0.29) is 0 Å². The van der Waals surface area contributed by atoms with Crippen LogP contribution in [0.4, 0.5) is 0 Å². The van der Waals surface area contributed by atoms with Crippen LogP contribution in [0.15, 0.2) is 21.7 Å². The zero-order chi connectivity index (χ0) is 7.68. The van der Waals surface area contributed by atoms with Crippen molar-refractivity contribution in [3.8, 4) is 11.3 Å². The lowest BCUT2D eigenvalue weighted by molar-refractivity contribution is 0.415. The Morgan fingerprint density at radius 1 is 1.55 bits per heavy atom. The van der Waals surface area contributed by atoms with Crippen LogP contribution < -0.4 is 0 Å². The highest BCUT2D eigenvalue weighted by molar-refractivity contribution is 7.07. The summed E-state index contributed by atoms with van der Waals surface area (Å²) in [6.07, 6.45) is 1.62. The molecule has 0 spiro atoms. The van der Waals surface area contributed by atoms with Crippen molar-refractivity contribution in [3.63, 3.8) is 0 Å². The molecule has 0 bridgehead atoms. The van der Waals surface area contributed by atoms with Gasteiger partial charge in [-0.05, 0) is 6.92 Å². The molecule has 0 atom stereocenters. The lowest BCUT2D eigenvalue weighted by Gasteiger charge is -1.86. The molecule has 2 aromatic heterocycles. The summed E-state index contributed by atoms with van der Waals surface area (Å²) < 4.78 is 4.78. The van der Waals surface area contributed by atoms with Crippen LogP contribution in [0.3, 0.4) is 0 Å². The summed E-state index contributed by atoms with van der Waals surface area (Å²) in [5, 5.41) is 5.73. The molecule has 4 heteroatoms. The molecule has 2 heterocycles. The number of aryl methyl sites for hydroxylation is 1. The second kappa shape index (κ2) is 2.47. The first-order valence-electron chi connectivity index (χ1n) is 3.17. The smallest absolute Gasteiger partial charge is 0.133 e. The lowest BCUT2D eigenvalue weighted by Crippen LogP contribution is -1.76. The van der Waals surface area contributed by atoms with Gasteiger partial charge in [-0.15, -0.1) is 11.3 Å². The van der Waals surface area contributed by atoms with Crippen LogP contribution in [0.25, 0.3) is 11.3 Å². The Bertz CT molecular complexity index is 339. The number of nitrogens with zero attached hydrogens (tertiary/aromatic N) is 2. The summed E-state index contributed by atoms with van der Waals surface area (Å²) in [5.74, 6) is 0. The molecular weight excluding hydrogens is 160 g/mol. The van der Waals surface area contributed by atoms with Gasteiger partial charge in [0.1, 0.15) is 6.26 Å². The Kier molecular flexibility index (Phi) is 1.47. The number of thiazole rings is 1. The summed E-state index contributed by atoms with van der Waals surface area (Å²) in [7, 11) is 0. The Hall–Kier alpha value is -1.16. The molecule has 0 aromatic carbocycles. The van der Waals surface area contributed by atoms with Crippen molar-refractivity contribution >= 4 is 11.3 Å².